The number of rotatable bonds is 10. The SMILES string of the molecule is CCC/C=C/C1CCC(c2ccc(-c3ccc(-c4cc(F)c(C(F)(F)Oc5ccc(C(F)F)c(F)c5)c(F)c4)c(F)c3)cc2)CC1. The van der Waals surface area contributed by atoms with Crippen molar-refractivity contribution >= 4 is 0 Å². The van der Waals surface area contributed by atoms with Crippen molar-refractivity contribution in [2.45, 2.75) is 63.9 Å². The molecule has 5 rings (SSSR count). The first-order valence-corrected chi connectivity index (χ1v) is 15.2. The Kier molecular flexibility index (Phi) is 10.2. The highest BCUT2D eigenvalue weighted by atomic mass is 19.3. The molecule has 0 aliphatic heterocycles. The standard InChI is InChI=1S/C37H32F8O/c1-2-3-4-5-22-6-8-23(9-7-22)24-10-12-25(13-11-24)26-14-16-29(31(38)18-26)27-19-33(40)35(34(41)20-27)37(44,45)46-28-15-17-30(36(42)43)32(39)21-28/h4-5,10-23,36H,2-3,6-9H2,1H3/b5-4+. The van der Waals surface area contributed by atoms with Gasteiger partial charge in [0.2, 0.25) is 0 Å². The number of hydrogen-bond acceptors (Lipinski definition) is 1. The van der Waals surface area contributed by atoms with Gasteiger partial charge in [0.05, 0.1) is 5.56 Å². The summed E-state index contributed by atoms with van der Waals surface area (Å²) >= 11 is 0. The Bertz CT molecular complexity index is 1670. The van der Waals surface area contributed by atoms with Gasteiger partial charge in [-0.1, -0.05) is 61.9 Å². The summed E-state index contributed by atoms with van der Waals surface area (Å²) in [5.74, 6) is -5.67. The predicted molar refractivity (Wildman–Crippen MR) is 162 cm³/mol. The summed E-state index contributed by atoms with van der Waals surface area (Å²) in [5, 5.41) is 0. The molecule has 1 saturated carbocycles. The highest BCUT2D eigenvalue weighted by Gasteiger charge is 2.41. The fourth-order valence-corrected chi connectivity index (χ4v) is 5.93. The lowest BCUT2D eigenvalue weighted by atomic mass is 9.78. The predicted octanol–water partition coefficient (Wildman–Crippen LogP) is 12.3. The molecule has 1 aliphatic carbocycles. The smallest absolute Gasteiger partial charge is 0.429 e. The maximum Gasteiger partial charge on any atom is 0.432 e. The highest BCUT2D eigenvalue weighted by Crippen LogP contribution is 2.40. The molecule has 0 N–H and O–H groups in total. The minimum Gasteiger partial charge on any atom is -0.429 e. The molecule has 242 valence electrons. The number of benzene rings is 4. The lowest BCUT2D eigenvalue weighted by Gasteiger charge is -2.27. The second-order valence-corrected chi connectivity index (χ2v) is 11.6. The number of allylic oxidation sites excluding steroid dienone is 2. The van der Waals surface area contributed by atoms with E-state index >= 15 is 4.39 Å². The van der Waals surface area contributed by atoms with Crippen molar-refractivity contribution in [3.8, 4) is 28.0 Å². The molecule has 1 nitrogen and oxygen atoms in total. The van der Waals surface area contributed by atoms with Gasteiger partial charge in [0.25, 0.3) is 6.43 Å². The van der Waals surface area contributed by atoms with E-state index in [1.54, 1.807) is 6.07 Å². The van der Waals surface area contributed by atoms with Crippen molar-refractivity contribution in [3.63, 3.8) is 0 Å². The summed E-state index contributed by atoms with van der Waals surface area (Å²) in [6.45, 7) is 2.16. The summed E-state index contributed by atoms with van der Waals surface area (Å²) in [4.78, 5) is 0. The van der Waals surface area contributed by atoms with Crippen LogP contribution in [0.3, 0.4) is 0 Å². The number of ether oxygens (including phenoxy) is 1. The first-order valence-electron chi connectivity index (χ1n) is 15.2. The van der Waals surface area contributed by atoms with Crippen LogP contribution in [0.15, 0.2) is 84.9 Å². The van der Waals surface area contributed by atoms with Crippen LogP contribution in [0.25, 0.3) is 22.3 Å². The van der Waals surface area contributed by atoms with Crippen molar-refractivity contribution in [2.24, 2.45) is 5.92 Å². The molecule has 0 aromatic heterocycles. The Balaban J connectivity index is 1.30. The molecule has 0 amide bonds. The zero-order chi connectivity index (χ0) is 33.0. The summed E-state index contributed by atoms with van der Waals surface area (Å²) in [5.41, 5.74) is -0.907. The largest absolute Gasteiger partial charge is 0.432 e. The van der Waals surface area contributed by atoms with Crippen molar-refractivity contribution in [3.05, 3.63) is 125 Å². The third kappa shape index (κ3) is 7.45. The molecule has 0 unspecified atom stereocenters. The monoisotopic (exact) mass is 644 g/mol. The average Bonchev–Trinajstić information content (AvgIpc) is 3.00. The van der Waals surface area contributed by atoms with Crippen LogP contribution in [0, 0.1) is 29.2 Å². The van der Waals surface area contributed by atoms with Gasteiger partial charge >= 0.3 is 6.11 Å². The molecule has 0 spiro atoms. The van der Waals surface area contributed by atoms with Gasteiger partial charge in [-0.2, -0.15) is 8.78 Å². The second-order valence-electron chi connectivity index (χ2n) is 11.6. The average molecular weight is 645 g/mol. The summed E-state index contributed by atoms with van der Waals surface area (Å²) in [6.07, 6.45) is 3.49. The first kappa shape index (κ1) is 33.2. The zero-order valence-electron chi connectivity index (χ0n) is 25.0. The second kappa shape index (κ2) is 14.1. The van der Waals surface area contributed by atoms with Crippen LogP contribution in [0.2, 0.25) is 0 Å². The molecule has 0 bridgehead atoms. The van der Waals surface area contributed by atoms with Gasteiger partial charge < -0.3 is 4.74 Å². The molecule has 4 aromatic carbocycles. The van der Waals surface area contributed by atoms with Crippen LogP contribution >= 0.6 is 0 Å². The van der Waals surface area contributed by atoms with E-state index in [0.717, 1.165) is 44.1 Å². The lowest BCUT2D eigenvalue weighted by Crippen LogP contribution is -2.25. The zero-order valence-corrected chi connectivity index (χ0v) is 25.0. The molecule has 46 heavy (non-hydrogen) atoms. The number of unbranched alkanes of at least 4 members (excludes halogenated alkanes) is 1. The fourth-order valence-electron chi connectivity index (χ4n) is 5.93. The molecule has 0 atom stereocenters. The van der Waals surface area contributed by atoms with E-state index in [2.05, 4.69) is 23.8 Å². The summed E-state index contributed by atoms with van der Waals surface area (Å²) < 4.78 is 118. The Labute approximate surface area is 262 Å². The van der Waals surface area contributed by atoms with Crippen LogP contribution < -0.4 is 4.74 Å². The van der Waals surface area contributed by atoms with Crippen LogP contribution in [0.5, 0.6) is 5.75 Å². The normalized spacial score (nSPS) is 17.2. The lowest BCUT2D eigenvalue weighted by molar-refractivity contribution is -0.189. The van der Waals surface area contributed by atoms with Gasteiger partial charge in [-0.25, -0.2) is 26.3 Å². The Hall–Kier alpha value is -4.14. The minimum atomic E-state index is -4.65. The van der Waals surface area contributed by atoms with Crippen molar-refractivity contribution < 1.29 is 39.9 Å². The van der Waals surface area contributed by atoms with Gasteiger partial charge in [0, 0.05) is 11.6 Å². The van der Waals surface area contributed by atoms with Crippen molar-refractivity contribution in [1.82, 2.24) is 0 Å². The van der Waals surface area contributed by atoms with Crippen molar-refractivity contribution in [1.29, 1.82) is 0 Å². The van der Waals surface area contributed by atoms with Gasteiger partial charge in [-0.3, -0.25) is 0 Å². The van der Waals surface area contributed by atoms with Crippen molar-refractivity contribution in [2.75, 3.05) is 0 Å². The van der Waals surface area contributed by atoms with Gasteiger partial charge in [-0.15, -0.1) is 0 Å². The minimum absolute atomic E-state index is 0.219. The highest BCUT2D eigenvalue weighted by molar-refractivity contribution is 5.71. The van der Waals surface area contributed by atoms with E-state index < -0.39 is 52.7 Å². The Morgan fingerprint density at radius 3 is 1.96 bits per heavy atom. The van der Waals surface area contributed by atoms with E-state index in [0.29, 0.717) is 41.7 Å². The summed E-state index contributed by atoms with van der Waals surface area (Å²) in [7, 11) is 0. The topological polar surface area (TPSA) is 9.23 Å². The first-order chi connectivity index (χ1) is 22.0. The van der Waals surface area contributed by atoms with E-state index in [4.69, 9.17) is 0 Å². The van der Waals surface area contributed by atoms with E-state index in [9.17, 15) is 30.7 Å². The number of halogens is 8. The van der Waals surface area contributed by atoms with Crippen LogP contribution in [-0.2, 0) is 6.11 Å². The maximum absolute atomic E-state index is 15.2. The Morgan fingerprint density at radius 1 is 0.739 bits per heavy atom. The van der Waals surface area contributed by atoms with Gasteiger partial charge in [0.1, 0.15) is 34.6 Å². The van der Waals surface area contributed by atoms with E-state index in [1.807, 2.05) is 24.3 Å². The molecule has 0 heterocycles. The van der Waals surface area contributed by atoms with E-state index in [1.165, 1.54) is 17.7 Å². The molecule has 1 fully saturated rings. The quantitative estimate of drug-likeness (QED) is 0.123. The fraction of sp³-hybridized carbons (Fsp3) is 0.297. The van der Waals surface area contributed by atoms with Crippen LogP contribution in [0.4, 0.5) is 35.1 Å². The maximum atomic E-state index is 15.2. The third-order valence-corrected chi connectivity index (χ3v) is 8.42. The molecule has 9 heteroatoms. The molecular formula is C37H32F8O. The molecule has 1 aliphatic rings. The number of hydrogen-bond donors (Lipinski definition) is 0. The summed E-state index contributed by atoms with van der Waals surface area (Å²) in [6, 6.07) is 14.5. The third-order valence-electron chi connectivity index (χ3n) is 8.42. The van der Waals surface area contributed by atoms with Gasteiger partial charge in [0.15, 0.2) is 0 Å². The van der Waals surface area contributed by atoms with E-state index in [-0.39, 0.29) is 17.2 Å². The number of alkyl halides is 4. The molecule has 0 radical (unpaired) electrons. The van der Waals surface area contributed by atoms with Crippen LogP contribution in [0.1, 0.15) is 74.5 Å². The molecule has 4 aromatic rings. The van der Waals surface area contributed by atoms with Crippen LogP contribution in [-0.4, -0.2) is 0 Å². The Morgan fingerprint density at radius 2 is 1.37 bits per heavy atom. The molecule has 0 saturated heterocycles. The van der Waals surface area contributed by atoms with Gasteiger partial charge in [-0.05, 0) is 96.5 Å². The molecular weight excluding hydrogens is 612 g/mol.